The highest BCUT2D eigenvalue weighted by molar-refractivity contribution is 5.82. The van der Waals surface area contributed by atoms with Crippen LogP contribution in [0.1, 0.15) is 12.0 Å². The number of alkyl halides is 2. The van der Waals surface area contributed by atoms with Gasteiger partial charge in [0, 0.05) is 13.0 Å². The quantitative estimate of drug-likeness (QED) is 0.766. The molecular formula is C13H16F2N2O2. The predicted octanol–water partition coefficient (Wildman–Crippen LogP) is 1.05. The lowest BCUT2D eigenvalue weighted by Crippen LogP contribution is -2.41. The number of hydrogen-bond donors (Lipinski definition) is 3. The van der Waals surface area contributed by atoms with E-state index in [4.69, 9.17) is 0 Å². The molecule has 0 bridgehead atoms. The van der Waals surface area contributed by atoms with Crippen LogP contribution in [-0.2, 0) is 11.2 Å². The van der Waals surface area contributed by atoms with Gasteiger partial charge in [-0.2, -0.15) is 0 Å². The monoisotopic (exact) mass is 270 g/mol. The van der Waals surface area contributed by atoms with Crippen LogP contribution in [0.2, 0.25) is 0 Å². The summed E-state index contributed by atoms with van der Waals surface area (Å²) in [6.07, 6.45) is -0.00303. The molecule has 0 aromatic heterocycles. The molecule has 1 aromatic carbocycles. The third-order valence-corrected chi connectivity index (χ3v) is 3.11. The molecule has 1 unspecified atom stereocenters. The second kappa shape index (κ2) is 5.52. The summed E-state index contributed by atoms with van der Waals surface area (Å²) in [6.45, 7) is -0.148. The van der Waals surface area contributed by atoms with Crippen molar-refractivity contribution >= 4 is 5.91 Å². The zero-order chi connectivity index (χ0) is 13.9. The number of halogens is 2. The lowest BCUT2D eigenvalue weighted by molar-refractivity contribution is -0.123. The molecule has 2 rings (SSSR count). The Bertz CT molecular complexity index is 466. The number of phenolic OH excluding ortho intramolecular Hbond substituents is 1. The van der Waals surface area contributed by atoms with Crippen molar-refractivity contribution < 1.29 is 18.7 Å². The van der Waals surface area contributed by atoms with E-state index < -0.39 is 30.8 Å². The van der Waals surface area contributed by atoms with Crippen molar-refractivity contribution in [1.29, 1.82) is 0 Å². The van der Waals surface area contributed by atoms with Crippen LogP contribution in [0, 0.1) is 0 Å². The Labute approximate surface area is 109 Å². The number of amides is 1. The summed E-state index contributed by atoms with van der Waals surface area (Å²) in [4.78, 5) is 11.6. The Morgan fingerprint density at radius 3 is 2.84 bits per heavy atom. The van der Waals surface area contributed by atoms with Gasteiger partial charge in [-0.25, -0.2) is 8.78 Å². The zero-order valence-corrected chi connectivity index (χ0v) is 10.3. The van der Waals surface area contributed by atoms with Gasteiger partial charge in [0.2, 0.25) is 5.91 Å². The van der Waals surface area contributed by atoms with E-state index in [1.807, 2.05) is 0 Å². The van der Waals surface area contributed by atoms with Crippen molar-refractivity contribution in [3.8, 4) is 5.75 Å². The summed E-state index contributed by atoms with van der Waals surface area (Å²) in [5, 5.41) is 14.6. The highest BCUT2D eigenvalue weighted by atomic mass is 19.3. The van der Waals surface area contributed by atoms with Gasteiger partial charge >= 0.3 is 0 Å². The third-order valence-electron chi connectivity index (χ3n) is 3.11. The second-order valence-corrected chi connectivity index (χ2v) is 4.66. The first-order valence-corrected chi connectivity index (χ1v) is 6.14. The van der Waals surface area contributed by atoms with E-state index in [1.54, 1.807) is 24.3 Å². The van der Waals surface area contributed by atoms with E-state index in [2.05, 4.69) is 10.6 Å². The first kappa shape index (κ1) is 13.7. The summed E-state index contributed by atoms with van der Waals surface area (Å²) in [6, 6.07) is 5.98. The van der Waals surface area contributed by atoms with Crippen molar-refractivity contribution in [2.75, 3.05) is 13.1 Å². The lowest BCUT2D eigenvalue weighted by Gasteiger charge is -2.11. The highest BCUT2D eigenvalue weighted by Gasteiger charge is 2.42. The second-order valence-electron chi connectivity index (χ2n) is 4.66. The molecule has 1 aromatic rings. The molecule has 1 atom stereocenters. The summed E-state index contributed by atoms with van der Waals surface area (Å²) >= 11 is 0. The summed E-state index contributed by atoms with van der Waals surface area (Å²) in [7, 11) is 0. The number of para-hydroxylation sites is 1. The van der Waals surface area contributed by atoms with Gasteiger partial charge in [0.15, 0.2) is 0 Å². The maximum Gasteiger partial charge on any atom is 0.262 e. The predicted molar refractivity (Wildman–Crippen MR) is 66.2 cm³/mol. The van der Waals surface area contributed by atoms with E-state index in [0.29, 0.717) is 18.5 Å². The largest absolute Gasteiger partial charge is 0.508 e. The highest BCUT2D eigenvalue weighted by Crippen LogP contribution is 2.25. The van der Waals surface area contributed by atoms with Gasteiger partial charge in [-0.15, -0.1) is 0 Å². The van der Waals surface area contributed by atoms with E-state index in [9.17, 15) is 18.7 Å². The number of carbonyl (C=O) groups excluding carboxylic acids is 1. The van der Waals surface area contributed by atoms with Crippen LogP contribution in [0.5, 0.6) is 5.75 Å². The molecule has 19 heavy (non-hydrogen) atoms. The van der Waals surface area contributed by atoms with Crippen molar-refractivity contribution in [2.24, 2.45) is 0 Å². The fraction of sp³-hybridized carbons (Fsp3) is 0.462. The van der Waals surface area contributed by atoms with Gasteiger partial charge < -0.3 is 10.4 Å². The molecule has 1 saturated heterocycles. The fourth-order valence-electron chi connectivity index (χ4n) is 2.07. The Morgan fingerprint density at radius 1 is 1.47 bits per heavy atom. The number of aromatic hydroxyl groups is 1. The fourth-order valence-corrected chi connectivity index (χ4v) is 2.07. The van der Waals surface area contributed by atoms with E-state index >= 15 is 0 Å². The Balaban J connectivity index is 1.77. The number of hydrogen-bond acceptors (Lipinski definition) is 3. The molecule has 1 fully saturated rings. The van der Waals surface area contributed by atoms with Gasteiger partial charge in [-0.1, -0.05) is 18.2 Å². The topological polar surface area (TPSA) is 61.4 Å². The molecule has 6 heteroatoms. The van der Waals surface area contributed by atoms with Gasteiger partial charge in [-0.3, -0.25) is 10.1 Å². The molecule has 0 radical (unpaired) electrons. The summed E-state index contributed by atoms with van der Waals surface area (Å²) in [5.74, 6) is -3.06. The SMILES string of the molecule is O=C(NCCc1ccccc1O)C1CC(F)(F)CN1. The molecule has 4 nitrogen and oxygen atoms in total. The minimum Gasteiger partial charge on any atom is -0.508 e. The molecule has 1 heterocycles. The first-order chi connectivity index (χ1) is 8.98. The van der Waals surface area contributed by atoms with Crippen LogP contribution < -0.4 is 10.6 Å². The first-order valence-electron chi connectivity index (χ1n) is 6.14. The summed E-state index contributed by atoms with van der Waals surface area (Å²) < 4.78 is 25.8. The average Bonchev–Trinajstić information content (AvgIpc) is 2.72. The maximum atomic E-state index is 12.9. The van der Waals surface area contributed by atoms with Crippen LogP contribution in [-0.4, -0.2) is 36.1 Å². The van der Waals surface area contributed by atoms with Crippen LogP contribution >= 0.6 is 0 Å². The summed E-state index contributed by atoms with van der Waals surface area (Å²) in [5.41, 5.74) is 0.715. The average molecular weight is 270 g/mol. The van der Waals surface area contributed by atoms with Crippen molar-refractivity contribution in [2.45, 2.75) is 24.8 Å². The maximum absolute atomic E-state index is 12.9. The lowest BCUT2D eigenvalue weighted by atomic mass is 10.1. The Morgan fingerprint density at radius 2 is 2.21 bits per heavy atom. The molecule has 0 saturated carbocycles. The zero-order valence-electron chi connectivity index (χ0n) is 10.3. The normalized spacial score (nSPS) is 21.3. The number of rotatable bonds is 4. The van der Waals surface area contributed by atoms with E-state index in [-0.39, 0.29) is 5.75 Å². The van der Waals surface area contributed by atoms with E-state index in [1.165, 1.54) is 0 Å². The van der Waals surface area contributed by atoms with Gasteiger partial charge in [0.05, 0.1) is 12.6 Å². The third kappa shape index (κ3) is 3.64. The number of benzene rings is 1. The number of carbonyl (C=O) groups is 1. The molecule has 0 spiro atoms. The molecule has 1 aliphatic rings. The van der Waals surface area contributed by atoms with Crippen LogP contribution in [0.3, 0.4) is 0 Å². The van der Waals surface area contributed by atoms with Gasteiger partial charge in [0.1, 0.15) is 5.75 Å². The number of nitrogens with one attached hydrogen (secondary N) is 2. The van der Waals surface area contributed by atoms with Crippen LogP contribution in [0.4, 0.5) is 8.78 Å². The van der Waals surface area contributed by atoms with Crippen molar-refractivity contribution in [1.82, 2.24) is 10.6 Å². The van der Waals surface area contributed by atoms with Crippen molar-refractivity contribution in [3.05, 3.63) is 29.8 Å². The van der Waals surface area contributed by atoms with Crippen LogP contribution in [0.15, 0.2) is 24.3 Å². The van der Waals surface area contributed by atoms with Crippen LogP contribution in [0.25, 0.3) is 0 Å². The van der Waals surface area contributed by atoms with Crippen molar-refractivity contribution in [3.63, 3.8) is 0 Å². The Kier molecular flexibility index (Phi) is 3.99. The molecule has 1 aliphatic heterocycles. The molecular weight excluding hydrogens is 254 g/mol. The minimum absolute atomic E-state index is 0.169. The Hall–Kier alpha value is -1.69. The molecule has 0 aliphatic carbocycles. The van der Waals surface area contributed by atoms with Gasteiger partial charge in [0.25, 0.3) is 5.92 Å². The number of phenols is 1. The molecule has 104 valence electrons. The smallest absolute Gasteiger partial charge is 0.262 e. The molecule has 1 amide bonds. The van der Waals surface area contributed by atoms with E-state index in [0.717, 1.165) is 0 Å². The van der Waals surface area contributed by atoms with Gasteiger partial charge in [-0.05, 0) is 18.1 Å². The standard InChI is InChI=1S/C13H16F2N2O2/c14-13(15)7-10(17-8-13)12(19)16-6-5-9-3-1-2-4-11(9)18/h1-4,10,17-18H,5-8H2,(H,16,19). The minimum atomic E-state index is -2.81. The molecule has 3 N–H and O–H groups in total.